The minimum Gasteiger partial charge on any atom is -0.341 e. The molecule has 0 amide bonds. The van der Waals surface area contributed by atoms with Gasteiger partial charge in [-0.2, -0.15) is 15.0 Å². The Balaban J connectivity index is 2.49. The van der Waals surface area contributed by atoms with Gasteiger partial charge in [-0.15, -0.1) is 0 Å². The van der Waals surface area contributed by atoms with E-state index in [-0.39, 0.29) is 0 Å². The molecule has 0 unspecified atom stereocenters. The van der Waals surface area contributed by atoms with Crippen LogP contribution in [-0.2, 0) is 0 Å². The third-order valence-corrected chi connectivity index (χ3v) is 4.63. The lowest BCUT2D eigenvalue weighted by atomic mass is 10.0. The zero-order valence-corrected chi connectivity index (χ0v) is 17.4. The minimum atomic E-state index is 0.736. The maximum absolute atomic E-state index is 4.84. The van der Waals surface area contributed by atoms with Crippen molar-refractivity contribution in [3.05, 3.63) is 34.6 Å². The van der Waals surface area contributed by atoms with E-state index in [4.69, 9.17) is 4.98 Å². The number of hydrogen-bond acceptors (Lipinski definition) is 5. The van der Waals surface area contributed by atoms with Gasteiger partial charge >= 0.3 is 0 Å². The van der Waals surface area contributed by atoms with Crippen LogP contribution < -0.4 is 9.80 Å². The molecule has 0 N–H and O–H groups in total. The molecule has 2 aromatic rings. The molecule has 5 heteroatoms. The van der Waals surface area contributed by atoms with E-state index >= 15 is 0 Å². The van der Waals surface area contributed by atoms with E-state index in [1.807, 2.05) is 6.92 Å². The van der Waals surface area contributed by atoms with Crippen LogP contribution >= 0.6 is 0 Å². The van der Waals surface area contributed by atoms with Gasteiger partial charge in [0.1, 0.15) is 5.82 Å². The molecule has 0 fully saturated rings. The van der Waals surface area contributed by atoms with Crippen molar-refractivity contribution in [3.63, 3.8) is 0 Å². The molecule has 142 valence electrons. The predicted molar refractivity (Wildman–Crippen MR) is 111 cm³/mol. The molecule has 0 aliphatic heterocycles. The van der Waals surface area contributed by atoms with Gasteiger partial charge in [0.05, 0.1) is 0 Å². The zero-order valence-electron chi connectivity index (χ0n) is 17.4. The molecule has 0 aliphatic carbocycles. The van der Waals surface area contributed by atoms with Crippen molar-refractivity contribution in [2.45, 2.75) is 61.3 Å². The maximum atomic E-state index is 4.84. The van der Waals surface area contributed by atoms with Gasteiger partial charge in [-0.1, -0.05) is 31.0 Å². The number of hydrogen-bond donors (Lipinski definition) is 0. The largest absolute Gasteiger partial charge is 0.341 e. The Labute approximate surface area is 158 Å². The van der Waals surface area contributed by atoms with Gasteiger partial charge in [-0.25, -0.2) is 0 Å². The second-order valence-electron chi connectivity index (χ2n) is 6.91. The van der Waals surface area contributed by atoms with Crippen molar-refractivity contribution in [2.75, 3.05) is 29.4 Å². The summed E-state index contributed by atoms with van der Waals surface area (Å²) in [5, 5.41) is 0. The first-order valence-electron chi connectivity index (χ1n) is 9.74. The zero-order chi connectivity index (χ0) is 19.3. The smallest absolute Gasteiger partial charge is 0.234 e. The van der Waals surface area contributed by atoms with Gasteiger partial charge < -0.3 is 9.80 Å². The second kappa shape index (κ2) is 8.97. The Hall–Kier alpha value is -2.17. The predicted octanol–water partition coefficient (Wildman–Crippen LogP) is 4.89. The summed E-state index contributed by atoms with van der Waals surface area (Å²) in [5.41, 5.74) is 4.99. The Morgan fingerprint density at radius 1 is 0.808 bits per heavy atom. The van der Waals surface area contributed by atoms with Gasteiger partial charge in [-0.3, -0.25) is 0 Å². The third-order valence-electron chi connectivity index (χ3n) is 4.63. The average Bonchev–Trinajstić information content (AvgIpc) is 2.58. The second-order valence-corrected chi connectivity index (χ2v) is 6.91. The lowest BCUT2D eigenvalue weighted by molar-refractivity contribution is 0.706. The maximum Gasteiger partial charge on any atom is 0.234 e. The van der Waals surface area contributed by atoms with Crippen molar-refractivity contribution in [3.8, 4) is 0 Å². The van der Waals surface area contributed by atoms with Crippen LogP contribution in [-0.4, -0.2) is 34.6 Å². The summed E-state index contributed by atoms with van der Waals surface area (Å²) >= 11 is 0. The van der Waals surface area contributed by atoms with Crippen LogP contribution in [0.5, 0.6) is 0 Å². The number of anilines is 3. The fourth-order valence-corrected chi connectivity index (χ4v) is 3.46. The molecule has 0 saturated heterocycles. The van der Waals surface area contributed by atoms with Gasteiger partial charge in [0.15, 0.2) is 0 Å². The van der Waals surface area contributed by atoms with Gasteiger partial charge in [0.25, 0.3) is 0 Å². The highest BCUT2D eigenvalue weighted by molar-refractivity contribution is 5.67. The standard InChI is InChI=1S/C21H33N5/c1-8-11-12-25(9-2)20-22-18(7)23-21(24-20)26(10-3)19-16(5)13-15(4)14-17(19)6/h13-14H,8-12H2,1-7H3. The molecule has 26 heavy (non-hydrogen) atoms. The fraction of sp³-hybridized carbons (Fsp3) is 0.571. The van der Waals surface area contributed by atoms with Gasteiger partial charge in [0, 0.05) is 25.3 Å². The third kappa shape index (κ3) is 4.51. The summed E-state index contributed by atoms with van der Waals surface area (Å²) < 4.78 is 0. The number of aryl methyl sites for hydroxylation is 4. The van der Waals surface area contributed by atoms with Crippen LogP contribution in [0.2, 0.25) is 0 Å². The molecule has 0 radical (unpaired) electrons. The molecule has 5 nitrogen and oxygen atoms in total. The number of rotatable bonds is 8. The monoisotopic (exact) mass is 355 g/mol. The summed E-state index contributed by atoms with van der Waals surface area (Å²) in [5.74, 6) is 2.28. The van der Waals surface area contributed by atoms with Crippen molar-refractivity contribution in [2.24, 2.45) is 0 Å². The van der Waals surface area contributed by atoms with Crippen LogP contribution in [0, 0.1) is 27.7 Å². The summed E-state index contributed by atoms with van der Waals surface area (Å²) in [4.78, 5) is 18.5. The SMILES string of the molecule is CCCCN(CC)c1nc(C)nc(N(CC)c2c(C)cc(C)cc2C)n1. The van der Waals surface area contributed by atoms with Crippen LogP contribution in [0.15, 0.2) is 12.1 Å². The minimum absolute atomic E-state index is 0.736. The van der Waals surface area contributed by atoms with Crippen molar-refractivity contribution < 1.29 is 0 Å². The van der Waals surface area contributed by atoms with Crippen molar-refractivity contribution in [1.29, 1.82) is 0 Å². The molecule has 1 aromatic carbocycles. The highest BCUT2D eigenvalue weighted by atomic mass is 15.3. The van der Waals surface area contributed by atoms with E-state index in [0.29, 0.717) is 0 Å². The van der Waals surface area contributed by atoms with Gasteiger partial charge in [0.2, 0.25) is 11.9 Å². The molecule has 0 bridgehead atoms. The molecule has 0 aliphatic rings. The topological polar surface area (TPSA) is 45.2 Å². The number of benzene rings is 1. The Kier molecular flexibility index (Phi) is 6.95. The van der Waals surface area contributed by atoms with E-state index in [9.17, 15) is 0 Å². The summed E-state index contributed by atoms with van der Waals surface area (Å²) in [6.07, 6.45) is 2.30. The molecule has 1 heterocycles. The van der Waals surface area contributed by atoms with Crippen LogP contribution in [0.25, 0.3) is 0 Å². The summed E-state index contributed by atoms with van der Waals surface area (Å²) in [6.45, 7) is 17.6. The van der Waals surface area contributed by atoms with E-state index in [1.165, 1.54) is 22.4 Å². The Bertz CT molecular complexity index is 718. The summed E-state index contributed by atoms with van der Waals surface area (Å²) in [6, 6.07) is 4.44. The number of aromatic nitrogens is 3. The van der Waals surface area contributed by atoms with E-state index in [0.717, 1.165) is 50.2 Å². The highest BCUT2D eigenvalue weighted by Gasteiger charge is 2.19. The van der Waals surface area contributed by atoms with Crippen LogP contribution in [0.1, 0.15) is 56.1 Å². The first kappa shape index (κ1) is 20.1. The lowest BCUT2D eigenvalue weighted by Crippen LogP contribution is -2.28. The Morgan fingerprint density at radius 2 is 1.42 bits per heavy atom. The molecule has 1 aromatic heterocycles. The normalized spacial score (nSPS) is 10.9. The lowest BCUT2D eigenvalue weighted by Gasteiger charge is -2.27. The fourth-order valence-electron chi connectivity index (χ4n) is 3.46. The quantitative estimate of drug-likeness (QED) is 0.674. The molecule has 0 spiro atoms. The Morgan fingerprint density at radius 3 is 1.96 bits per heavy atom. The first-order valence-corrected chi connectivity index (χ1v) is 9.74. The summed E-state index contributed by atoms with van der Waals surface area (Å²) in [7, 11) is 0. The van der Waals surface area contributed by atoms with Crippen LogP contribution in [0.3, 0.4) is 0 Å². The van der Waals surface area contributed by atoms with Crippen LogP contribution in [0.4, 0.5) is 17.6 Å². The number of nitrogens with zero attached hydrogens (tertiary/aromatic N) is 5. The van der Waals surface area contributed by atoms with Crippen molar-refractivity contribution >= 4 is 17.6 Å². The molecule has 2 rings (SSSR count). The van der Waals surface area contributed by atoms with Gasteiger partial charge in [-0.05, 0) is 59.1 Å². The van der Waals surface area contributed by atoms with E-state index in [1.54, 1.807) is 0 Å². The highest BCUT2D eigenvalue weighted by Crippen LogP contribution is 2.31. The van der Waals surface area contributed by atoms with E-state index in [2.05, 4.69) is 73.4 Å². The average molecular weight is 356 g/mol. The molecular weight excluding hydrogens is 322 g/mol. The van der Waals surface area contributed by atoms with Crippen molar-refractivity contribution in [1.82, 2.24) is 15.0 Å². The van der Waals surface area contributed by atoms with E-state index < -0.39 is 0 Å². The molecular formula is C21H33N5. The molecule has 0 saturated carbocycles. The number of unbranched alkanes of at least 4 members (excludes halogenated alkanes) is 1. The first-order chi connectivity index (χ1) is 12.4. The molecule has 0 atom stereocenters.